The SMILES string of the molecule is O=N[O-].O=N[O-].O=[N+]([O-])O.[Co+3].[NH-]CC[NH-].[NH-]CC[NH-]. The molecule has 15 heteroatoms. The van der Waals surface area contributed by atoms with E-state index in [1.54, 1.807) is 0 Å². The van der Waals surface area contributed by atoms with E-state index in [0.717, 1.165) is 10.7 Å². The van der Waals surface area contributed by atoms with Crippen molar-refractivity contribution >= 4 is 0 Å². The molecule has 0 amide bonds. The van der Waals surface area contributed by atoms with E-state index < -0.39 is 5.09 Å². The first-order chi connectivity index (χ1) is 8.39. The van der Waals surface area contributed by atoms with Gasteiger partial charge in [0.15, 0.2) is 0 Å². The Balaban J connectivity index is -0.0000000276. The maximum absolute atomic E-state index is 8.36. The summed E-state index contributed by atoms with van der Waals surface area (Å²) in [5.74, 6) is 0. The summed E-state index contributed by atoms with van der Waals surface area (Å²) < 4.78 is 0. The molecule has 0 fully saturated rings. The van der Waals surface area contributed by atoms with Crippen LogP contribution < -0.4 is 0 Å². The van der Waals surface area contributed by atoms with Crippen molar-refractivity contribution in [2.45, 2.75) is 0 Å². The molecule has 118 valence electrons. The fourth-order valence-corrected chi connectivity index (χ4v) is 0. The average molecular weight is 330 g/mol. The first kappa shape index (κ1) is 36.0. The van der Waals surface area contributed by atoms with Gasteiger partial charge >= 0.3 is 16.8 Å². The van der Waals surface area contributed by atoms with Gasteiger partial charge in [0.1, 0.15) is 0 Å². The summed E-state index contributed by atoms with van der Waals surface area (Å²) in [6.45, 7) is 0.944. The molecule has 0 spiro atoms. The first-order valence-corrected chi connectivity index (χ1v) is 3.71. The van der Waals surface area contributed by atoms with Crippen LogP contribution in [0, 0.1) is 30.3 Å². The van der Waals surface area contributed by atoms with Crippen molar-refractivity contribution in [1.82, 2.24) is 0 Å². The van der Waals surface area contributed by atoms with Crippen LogP contribution in [-0.2, 0) is 16.8 Å². The fourth-order valence-electron chi connectivity index (χ4n) is 0. The molecule has 0 radical (unpaired) electrons. The standard InChI is InChI=1S/2C2H6N2.Co.HNO3.2HNO2/c2*3-1-2-4;;2-1(3)4;2*2-1-3/h2*3-4H,1-2H2;;(H,2,3,4);2*(H,2,3)/q2*-2;+3;;;/p-2. The van der Waals surface area contributed by atoms with Crippen LogP contribution in [0.5, 0.6) is 0 Å². The van der Waals surface area contributed by atoms with Gasteiger partial charge in [0.25, 0.3) is 5.09 Å². The van der Waals surface area contributed by atoms with Gasteiger partial charge in [0, 0.05) is 0 Å². The number of nitrogens with one attached hydrogen (secondary N) is 4. The van der Waals surface area contributed by atoms with Crippen LogP contribution in [0.4, 0.5) is 0 Å². The molecule has 14 nitrogen and oxygen atoms in total. The molecular formula is C4H13CoN7O7-3. The Kier molecular flexibility index (Phi) is 135. The molecule has 0 aliphatic carbocycles. The van der Waals surface area contributed by atoms with Crippen molar-refractivity contribution in [3.05, 3.63) is 53.3 Å². The molecule has 0 rings (SSSR count). The van der Waals surface area contributed by atoms with Gasteiger partial charge in [-0.05, 0) is 0 Å². The van der Waals surface area contributed by atoms with Crippen LogP contribution in [0.25, 0.3) is 22.9 Å². The minimum atomic E-state index is -1.50. The molecule has 0 saturated carbocycles. The Morgan fingerprint density at radius 3 is 0.947 bits per heavy atom. The van der Waals surface area contributed by atoms with E-state index in [4.69, 9.17) is 58.5 Å². The zero-order chi connectivity index (χ0) is 15.8. The summed E-state index contributed by atoms with van der Waals surface area (Å²) in [5.41, 5.74) is 25.1. The minimum absolute atomic E-state index is 0. The van der Waals surface area contributed by atoms with Crippen molar-refractivity contribution in [3.8, 4) is 0 Å². The molecule has 5 N–H and O–H groups in total. The molecule has 0 aromatic rings. The Hall–Kier alpha value is -1.65. The maximum atomic E-state index is 8.36. The second-order valence-electron chi connectivity index (χ2n) is 1.39. The van der Waals surface area contributed by atoms with E-state index in [0.29, 0.717) is 0 Å². The number of rotatable bonds is 2. The second-order valence-corrected chi connectivity index (χ2v) is 1.39. The van der Waals surface area contributed by atoms with Gasteiger partial charge < -0.3 is 48.4 Å². The topological polar surface area (TPSA) is 264 Å². The summed E-state index contributed by atoms with van der Waals surface area (Å²) in [5, 5.41) is 31.6. The zero-order valence-electron chi connectivity index (χ0n) is 9.40. The molecule has 0 bridgehead atoms. The molecule has 0 heterocycles. The maximum Gasteiger partial charge on any atom is 3.00 e. The van der Waals surface area contributed by atoms with E-state index >= 15 is 0 Å². The second kappa shape index (κ2) is 71.3. The van der Waals surface area contributed by atoms with Gasteiger partial charge in [0.2, 0.25) is 0 Å². The quantitative estimate of drug-likeness (QED) is 0.447. The van der Waals surface area contributed by atoms with Gasteiger partial charge in [-0.1, -0.05) is 0 Å². The van der Waals surface area contributed by atoms with Crippen molar-refractivity contribution < 1.29 is 27.1 Å². The van der Waals surface area contributed by atoms with Gasteiger partial charge in [-0.2, -0.15) is 26.2 Å². The summed E-state index contributed by atoms with van der Waals surface area (Å²) in [4.78, 5) is 24.4. The van der Waals surface area contributed by atoms with Crippen LogP contribution in [0.2, 0.25) is 0 Å². The molecular weight excluding hydrogens is 317 g/mol. The molecule has 0 aliphatic rings. The Morgan fingerprint density at radius 2 is 0.947 bits per heavy atom. The number of hydrogen-bond donors (Lipinski definition) is 1. The summed E-state index contributed by atoms with van der Waals surface area (Å²) in [6.07, 6.45) is 0. The van der Waals surface area contributed by atoms with Gasteiger partial charge in [0.05, 0.1) is 0 Å². The molecule has 0 saturated heterocycles. The third kappa shape index (κ3) is 28000. The van der Waals surface area contributed by atoms with Crippen LogP contribution in [0.3, 0.4) is 0 Å². The predicted molar refractivity (Wildman–Crippen MR) is 63.9 cm³/mol. The fraction of sp³-hybridized carbons (Fsp3) is 1.00. The molecule has 19 heavy (non-hydrogen) atoms. The van der Waals surface area contributed by atoms with E-state index in [1.807, 2.05) is 0 Å². The van der Waals surface area contributed by atoms with Crippen molar-refractivity contribution in [1.29, 1.82) is 0 Å². The Bertz CT molecular complexity index is 135. The third-order valence-corrected chi connectivity index (χ3v) is 0.250. The van der Waals surface area contributed by atoms with Crippen molar-refractivity contribution in [2.24, 2.45) is 10.7 Å². The van der Waals surface area contributed by atoms with E-state index in [9.17, 15) is 0 Å². The predicted octanol–water partition coefficient (Wildman–Crippen LogP) is 2.33. The van der Waals surface area contributed by atoms with Crippen LogP contribution >= 0.6 is 0 Å². The van der Waals surface area contributed by atoms with Gasteiger partial charge in [-0.3, -0.25) is 0 Å². The summed E-state index contributed by atoms with van der Waals surface area (Å²) in [7, 11) is 0. The average Bonchev–Trinajstić information content (AvgIpc) is 2.30. The Labute approximate surface area is 118 Å². The smallest absolute Gasteiger partial charge is 0.679 e. The van der Waals surface area contributed by atoms with Crippen molar-refractivity contribution in [2.75, 3.05) is 26.2 Å². The van der Waals surface area contributed by atoms with Gasteiger partial charge in [-0.25, -0.2) is 0 Å². The number of nitrogens with zero attached hydrogens (tertiary/aromatic N) is 3. The monoisotopic (exact) mass is 330 g/mol. The summed E-state index contributed by atoms with van der Waals surface area (Å²) in [6, 6.07) is 0. The minimum Gasteiger partial charge on any atom is -0.679 e. The van der Waals surface area contributed by atoms with Crippen LogP contribution in [0.1, 0.15) is 0 Å². The third-order valence-electron chi connectivity index (χ3n) is 0.250. The van der Waals surface area contributed by atoms with Crippen molar-refractivity contribution in [3.63, 3.8) is 0 Å². The molecule has 0 aromatic heterocycles. The molecule has 0 aliphatic heterocycles. The first-order valence-electron chi connectivity index (χ1n) is 3.71. The molecule has 0 atom stereocenters. The van der Waals surface area contributed by atoms with E-state index in [-0.39, 0.29) is 43.0 Å². The largest absolute Gasteiger partial charge is 3.00 e. The Morgan fingerprint density at radius 1 is 0.895 bits per heavy atom. The molecule has 0 unspecified atom stereocenters. The number of hydrogen-bond acceptors (Lipinski definition) is 8. The van der Waals surface area contributed by atoms with Crippen LogP contribution in [0.15, 0.2) is 10.7 Å². The van der Waals surface area contributed by atoms with Crippen LogP contribution in [-0.4, -0.2) is 36.5 Å². The van der Waals surface area contributed by atoms with E-state index in [2.05, 4.69) is 0 Å². The van der Waals surface area contributed by atoms with Gasteiger partial charge in [-0.15, -0.1) is 20.8 Å². The zero-order valence-corrected chi connectivity index (χ0v) is 10.4. The normalized spacial score (nSPS) is 5.68. The summed E-state index contributed by atoms with van der Waals surface area (Å²) >= 11 is 0. The molecule has 0 aromatic carbocycles. The van der Waals surface area contributed by atoms with E-state index in [1.165, 1.54) is 0 Å².